The molecule has 2 aromatic heterocycles. The highest BCUT2D eigenvalue weighted by Gasteiger charge is 2.22. The monoisotopic (exact) mass is 293 g/mol. The van der Waals surface area contributed by atoms with Crippen molar-refractivity contribution in [1.29, 1.82) is 0 Å². The van der Waals surface area contributed by atoms with Crippen LogP contribution >= 0.6 is 22.7 Å². The molecule has 2 aromatic rings. The lowest BCUT2D eigenvalue weighted by Gasteiger charge is -2.20. The zero-order valence-corrected chi connectivity index (χ0v) is 13.2. The molecule has 5 heteroatoms. The summed E-state index contributed by atoms with van der Waals surface area (Å²) < 4.78 is 0. The van der Waals surface area contributed by atoms with E-state index >= 15 is 0 Å². The quantitative estimate of drug-likeness (QED) is 0.918. The first-order chi connectivity index (χ1) is 9.15. The summed E-state index contributed by atoms with van der Waals surface area (Å²) in [6, 6.07) is 0. The molecule has 0 spiro atoms. The fourth-order valence-electron chi connectivity index (χ4n) is 2.62. The van der Waals surface area contributed by atoms with Gasteiger partial charge in [-0.05, 0) is 46.7 Å². The number of rotatable bonds is 2. The van der Waals surface area contributed by atoms with Gasteiger partial charge < -0.3 is 5.32 Å². The highest BCUT2D eigenvalue weighted by molar-refractivity contribution is 7.16. The molecule has 1 saturated heterocycles. The molecule has 0 saturated carbocycles. The first-order valence-electron chi connectivity index (χ1n) is 6.77. The maximum Gasteiger partial charge on any atom is 0.0967 e. The zero-order chi connectivity index (χ0) is 13.4. The Bertz CT molecular complexity index is 580. The van der Waals surface area contributed by atoms with Crippen molar-refractivity contribution < 1.29 is 0 Å². The summed E-state index contributed by atoms with van der Waals surface area (Å²) in [5.41, 5.74) is 2.29. The van der Waals surface area contributed by atoms with Crippen LogP contribution in [-0.4, -0.2) is 23.1 Å². The van der Waals surface area contributed by atoms with Crippen molar-refractivity contribution in [3.8, 4) is 10.6 Å². The minimum Gasteiger partial charge on any atom is -0.317 e. The maximum atomic E-state index is 4.94. The molecule has 1 N–H and O–H groups in total. The summed E-state index contributed by atoms with van der Waals surface area (Å²) in [6.07, 6.45) is 2.43. The van der Waals surface area contributed by atoms with Crippen molar-refractivity contribution in [3.63, 3.8) is 0 Å². The van der Waals surface area contributed by atoms with Crippen LogP contribution in [0, 0.1) is 20.8 Å². The predicted octanol–water partition coefficient (Wildman–Crippen LogP) is 3.66. The maximum absolute atomic E-state index is 4.94. The number of piperidine rings is 1. The van der Waals surface area contributed by atoms with Gasteiger partial charge in [-0.1, -0.05) is 0 Å². The molecule has 0 aromatic carbocycles. The predicted molar refractivity (Wildman–Crippen MR) is 82.3 cm³/mol. The van der Waals surface area contributed by atoms with Crippen LogP contribution in [0.5, 0.6) is 0 Å². The van der Waals surface area contributed by atoms with E-state index in [1.54, 1.807) is 11.3 Å². The Labute approximate surface area is 122 Å². The van der Waals surface area contributed by atoms with Crippen molar-refractivity contribution in [2.75, 3.05) is 13.1 Å². The van der Waals surface area contributed by atoms with Crippen molar-refractivity contribution in [3.05, 3.63) is 20.6 Å². The molecular weight excluding hydrogens is 274 g/mol. The van der Waals surface area contributed by atoms with E-state index in [4.69, 9.17) is 4.98 Å². The fourth-order valence-corrected chi connectivity index (χ4v) is 4.75. The van der Waals surface area contributed by atoms with Gasteiger partial charge in [0.15, 0.2) is 0 Å². The summed E-state index contributed by atoms with van der Waals surface area (Å²) in [5, 5.41) is 5.87. The number of thiazole rings is 2. The zero-order valence-electron chi connectivity index (χ0n) is 11.6. The Hall–Kier alpha value is -0.780. The Balaban J connectivity index is 1.95. The topological polar surface area (TPSA) is 37.8 Å². The van der Waals surface area contributed by atoms with Crippen LogP contribution in [0.3, 0.4) is 0 Å². The van der Waals surface area contributed by atoms with Crippen LogP contribution in [0.25, 0.3) is 10.6 Å². The van der Waals surface area contributed by atoms with Crippen molar-refractivity contribution >= 4 is 22.7 Å². The number of nitrogens with zero attached hydrogens (tertiary/aromatic N) is 2. The molecule has 1 fully saturated rings. The summed E-state index contributed by atoms with van der Waals surface area (Å²) >= 11 is 3.64. The SMILES string of the molecule is Cc1nc(C)c(-c2nc(C3CCNCC3)sc2C)s1. The van der Waals surface area contributed by atoms with Gasteiger partial charge in [-0.25, -0.2) is 9.97 Å². The van der Waals surface area contributed by atoms with Gasteiger partial charge in [-0.3, -0.25) is 0 Å². The lowest BCUT2D eigenvalue weighted by molar-refractivity contribution is 0.459. The Morgan fingerprint density at radius 1 is 1.05 bits per heavy atom. The van der Waals surface area contributed by atoms with E-state index < -0.39 is 0 Å². The van der Waals surface area contributed by atoms with Gasteiger partial charge in [0.1, 0.15) is 0 Å². The van der Waals surface area contributed by atoms with E-state index in [1.165, 1.54) is 33.3 Å². The summed E-state index contributed by atoms with van der Waals surface area (Å²) in [4.78, 5) is 12.1. The standard InChI is InChI=1S/C14H19N3S2/c1-8-13(19-10(3)16-8)12-9(2)18-14(17-12)11-4-6-15-7-5-11/h11,15H,4-7H2,1-3H3. The van der Waals surface area contributed by atoms with E-state index in [1.807, 2.05) is 11.3 Å². The van der Waals surface area contributed by atoms with Crippen molar-refractivity contribution in [1.82, 2.24) is 15.3 Å². The summed E-state index contributed by atoms with van der Waals surface area (Å²) in [5.74, 6) is 0.646. The molecule has 0 amide bonds. The first kappa shape index (κ1) is 13.2. The number of hydrogen-bond acceptors (Lipinski definition) is 5. The largest absolute Gasteiger partial charge is 0.317 e. The summed E-state index contributed by atoms with van der Waals surface area (Å²) in [7, 11) is 0. The third-order valence-corrected chi connectivity index (χ3v) is 5.83. The van der Waals surface area contributed by atoms with Gasteiger partial charge in [-0.15, -0.1) is 22.7 Å². The average molecular weight is 293 g/mol. The number of hydrogen-bond donors (Lipinski definition) is 1. The van der Waals surface area contributed by atoms with Gasteiger partial charge in [0.2, 0.25) is 0 Å². The smallest absolute Gasteiger partial charge is 0.0967 e. The van der Waals surface area contributed by atoms with Gasteiger partial charge in [0, 0.05) is 10.8 Å². The molecule has 0 atom stereocenters. The van der Waals surface area contributed by atoms with Crippen LogP contribution in [0.15, 0.2) is 0 Å². The average Bonchev–Trinajstić information content (AvgIpc) is 2.93. The number of aromatic nitrogens is 2. The van der Waals surface area contributed by atoms with Crippen LogP contribution in [-0.2, 0) is 0 Å². The van der Waals surface area contributed by atoms with Gasteiger partial charge >= 0.3 is 0 Å². The molecule has 0 bridgehead atoms. The lowest BCUT2D eigenvalue weighted by Crippen LogP contribution is -2.26. The minimum absolute atomic E-state index is 0.646. The second-order valence-corrected chi connectivity index (χ2v) is 7.57. The minimum atomic E-state index is 0.646. The normalized spacial score (nSPS) is 17.0. The van der Waals surface area contributed by atoms with Crippen LogP contribution in [0.2, 0.25) is 0 Å². The molecule has 102 valence electrons. The molecule has 3 heterocycles. The first-order valence-corrected chi connectivity index (χ1v) is 8.41. The van der Waals surface area contributed by atoms with E-state index in [0.29, 0.717) is 5.92 Å². The highest BCUT2D eigenvalue weighted by Crippen LogP contribution is 2.37. The van der Waals surface area contributed by atoms with Gasteiger partial charge in [0.05, 0.1) is 26.3 Å². The van der Waals surface area contributed by atoms with Crippen molar-refractivity contribution in [2.24, 2.45) is 0 Å². The summed E-state index contributed by atoms with van der Waals surface area (Å²) in [6.45, 7) is 8.58. The lowest BCUT2D eigenvalue weighted by atomic mass is 9.99. The second kappa shape index (κ2) is 5.31. The van der Waals surface area contributed by atoms with Crippen LogP contribution < -0.4 is 5.32 Å². The Kier molecular flexibility index (Phi) is 3.69. The molecule has 19 heavy (non-hydrogen) atoms. The molecule has 0 unspecified atom stereocenters. The highest BCUT2D eigenvalue weighted by atomic mass is 32.1. The number of aryl methyl sites for hydroxylation is 3. The molecule has 3 rings (SSSR count). The fraction of sp³-hybridized carbons (Fsp3) is 0.571. The Morgan fingerprint density at radius 2 is 1.79 bits per heavy atom. The molecule has 3 nitrogen and oxygen atoms in total. The molecular formula is C14H19N3S2. The molecule has 0 aliphatic carbocycles. The molecule has 1 aliphatic rings. The van der Waals surface area contributed by atoms with Gasteiger partial charge in [-0.2, -0.15) is 0 Å². The van der Waals surface area contributed by atoms with E-state index in [2.05, 4.69) is 31.1 Å². The number of nitrogens with one attached hydrogen (secondary N) is 1. The molecule has 0 radical (unpaired) electrons. The molecule has 1 aliphatic heterocycles. The van der Waals surface area contributed by atoms with Crippen LogP contribution in [0.1, 0.15) is 39.3 Å². The third kappa shape index (κ3) is 2.59. The Morgan fingerprint density at radius 3 is 2.42 bits per heavy atom. The third-order valence-electron chi connectivity index (χ3n) is 3.62. The van der Waals surface area contributed by atoms with E-state index in [-0.39, 0.29) is 0 Å². The second-order valence-electron chi connectivity index (χ2n) is 5.13. The van der Waals surface area contributed by atoms with Gasteiger partial charge in [0.25, 0.3) is 0 Å². The van der Waals surface area contributed by atoms with Crippen LogP contribution in [0.4, 0.5) is 0 Å². The van der Waals surface area contributed by atoms with Crippen molar-refractivity contribution in [2.45, 2.75) is 39.5 Å². The van der Waals surface area contributed by atoms with E-state index in [9.17, 15) is 0 Å². The van der Waals surface area contributed by atoms with E-state index in [0.717, 1.165) is 23.8 Å².